The molecule has 0 spiro atoms. The largest absolute Gasteiger partial charge is 0.631 e. The highest BCUT2D eigenvalue weighted by atomic mass is 16.5. The van der Waals surface area contributed by atoms with Gasteiger partial charge in [0.05, 0.1) is 0 Å². The van der Waals surface area contributed by atoms with Crippen molar-refractivity contribution in [1.82, 2.24) is 9.97 Å². The molecule has 0 aromatic carbocycles. The van der Waals surface area contributed by atoms with Crippen molar-refractivity contribution >= 4 is 19.9 Å². The Hall–Kier alpha value is -0.990. The van der Waals surface area contributed by atoms with Crippen LogP contribution in [0.15, 0.2) is 18.7 Å². The first kappa shape index (κ1) is 12.0. The molecule has 13 heavy (non-hydrogen) atoms. The van der Waals surface area contributed by atoms with Gasteiger partial charge in [-0.05, 0) is 0 Å². The van der Waals surface area contributed by atoms with Crippen LogP contribution in [0.3, 0.4) is 0 Å². The molecule has 0 amide bonds. The van der Waals surface area contributed by atoms with Crippen LogP contribution in [0.2, 0.25) is 0 Å². The first-order valence-corrected chi connectivity index (χ1v) is 3.19. The van der Waals surface area contributed by atoms with Crippen molar-refractivity contribution in [3.63, 3.8) is 0 Å². The van der Waals surface area contributed by atoms with Gasteiger partial charge in [-0.3, -0.25) is 0 Å². The fourth-order valence-corrected chi connectivity index (χ4v) is 0.444. The molecular formula is C4H8B2N2O5. The molecule has 0 saturated carbocycles. The number of hydrogen-bond donors (Lipinski definition) is 5. The molecule has 0 aliphatic carbocycles. The van der Waals surface area contributed by atoms with Crippen LogP contribution in [0, 0.1) is 0 Å². The first-order valence-electron chi connectivity index (χ1n) is 3.19. The Labute approximate surface area is 74.7 Å². The van der Waals surface area contributed by atoms with Crippen molar-refractivity contribution in [2.24, 2.45) is 0 Å². The second-order valence-corrected chi connectivity index (χ2v) is 1.89. The highest BCUT2D eigenvalue weighted by Crippen LogP contribution is 1.72. The average molecular weight is 186 g/mol. The normalized spacial score (nSPS) is 8.38. The third-order valence-corrected chi connectivity index (χ3v) is 0.879. The fourth-order valence-electron chi connectivity index (χ4n) is 0.444. The molecule has 9 heteroatoms. The van der Waals surface area contributed by atoms with Gasteiger partial charge in [0.25, 0.3) is 0 Å². The standard InChI is InChI=1S/C4H5BN2O2.BH3O3/c8-5(9)4-1-6-3-7-2-4;2-1(3)4/h1-3,8-9H;2-4H. The molecule has 1 heterocycles. The van der Waals surface area contributed by atoms with E-state index in [0.29, 0.717) is 5.46 Å². The summed E-state index contributed by atoms with van der Waals surface area (Å²) in [6, 6.07) is 0. The van der Waals surface area contributed by atoms with Crippen LogP contribution < -0.4 is 5.46 Å². The van der Waals surface area contributed by atoms with Gasteiger partial charge in [-0.1, -0.05) is 0 Å². The number of rotatable bonds is 1. The second kappa shape index (κ2) is 6.52. The van der Waals surface area contributed by atoms with Gasteiger partial charge in [0.15, 0.2) is 0 Å². The highest BCUT2D eigenvalue weighted by Gasteiger charge is 2.09. The van der Waals surface area contributed by atoms with Crippen molar-refractivity contribution < 1.29 is 25.1 Å². The average Bonchev–Trinajstić information content (AvgIpc) is 2.05. The van der Waals surface area contributed by atoms with E-state index in [2.05, 4.69) is 9.97 Å². The molecule has 70 valence electrons. The van der Waals surface area contributed by atoms with Crippen LogP contribution in [0.4, 0.5) is 0 Å². The molecule has 1 rings (SSSR count). The molecule has 0 unspecified atom stereocenters. The zero-order valence-electron chi connectivity index (χ0n) is 6.52. The van der Waals surface area contributed by atoms with E-state index in [9.17, 15) is 0 Å². The van der Waals surface area contributed by atoms with Crippen LogP contribution in [-0.4, -0.2) is 49.5 Å². The minimum atomic E-state index is -2.17. The topological polar surface area (TPSA) is 127 Å². The summed E-state index contributed by atoms with van der Waals surface area (Å²) in [5.74, 6) is 0. The van der Waals surface area contributed by atoms with E-state index in [1.807, 2.05) is 0 Å². The van der Waals surface area contributed by atoms with Crippen molar-refractivity contribution in [2.45, 2.75) is 0 Å². The lowest BCUT2D eigenvalue weighted by Crippen LogP contribution is -2.30. The Morgan fingerprint density at radius 2 is 1.31 bits per heavy atom. The summed E-state index contributed by atoms with van der Waals surface area (Å²) in [4.78, 5) is 7.15. The Balaban J connectivity index is 0.000000310. The maximum atomic E-state index is 8.50. The summed E-state index contributed by atoms with van der Waals surface area (Å²) in [7, 11) is -3.63. The summed E-state index contributed by atoms with van der Waals surface area (Å²) >= 11 is 0. The van der Waals surface area contributed by atoms with E-state index in [-0.39, 0.29) is 0 Å². The lowest BCUT2D eigenvalue weighted by molar-refractivity contribution is 0.278. The third kappa shape index (κ3) is 7.37. The van der Waals surface area contributed by atoms with Gasteiger partial charge >= 0.3 is 14.4 Å². The Morgan fingerprint density at radius 1 is 0.923 bits per heavy atom. The van der Waals surface area contributed by atoms with Crippen LogP contribution in [0.25, 0.3) is 0 Å². The third-order valence-electron chi connectivity index (χ3n) is 0.879. The second-order valence-electron chi connectivity index (χ2n) is 1.89. The Kier molecular flexibility index (Phi) is 6.02. The fraction of sp³-hybridized carbons (Fsp3) is 0. The number of aromatic nitrogens is 2. The van der Waals surface area contributed by atoms with Crippen LogP contribution in [-0.2, 0) is 0 Å². The molecule has 0 saturated heterocycles. The van der Waals surface area contributed by atoms with E-state index in [1.54, 1.807) is 0 Å². The molecule has 1 aromatic rings. The minimum Gasteiger partial charge on any atom is -0.423 e. The monoisotopic (exact) mass is 186 g/mol. The maximum absolute atomic E-state index is 8.50. The summed E-state index contributed by atoms with van der Waals surface area (Å²) in [5, 5.41) is 38.5. The summed E-state index contributed by atoms with van der Waals surface area (Å²) < 4.78 is 0. The van der Waals surface area contributed by atoms with Gasteiger partial charge in [0, 0.05) is 17.9 Å². The van der Waals surface area contributed by atoms with E-state index < -0.39 is 14.4 Å². The molecule has 0 fully saturated rings. The summed E-state index contributed by atoms with van der Waals surface area (Å²) in [6.45, 7) is 0. The molecule has 5 N–H and O–H groups in total. The van der Waals surface area contributed by atoms with Gasteiger partial charge < -0.3 is 25.1 Å². The van der Waals surface area contributed by atoms with Crippen LogP contribution in [0.1, 0.15) is 0 Å². The van der Waals surface area contributed by atoms with E-state index in [4.69, 9.17) is 25.1 Å². The van der Waals surface area contributed by atoms with E-state index >= 15 is 0 Å². The van der Waals surface area contributed by atoms with Crippen molar-refractivity contribution in [3.05, 3.63) is 18.7 Å². The van der Waals surface area contributed by atoms with Crippen molar-refractivity contribution in [3.8, 4) is 0 Å². The smallest absolute Gasteiger partial charge is 0.423 e. The van der Waals surface area contributed by atoms with Gasteiger partial charge in [0.1, 0.15) is 6.33 Å². The lowest BCUT2D eigenvalue weighted by atomic mass is 9.83. The molecular weight excluding hydrogens is 178 g/mol. The number of hydrogen-bond acceptors (Lipinski definition) is 7. The van der Waals surface area contributed by atoms with Crippen LogP contribution >= 0.6 is 0 Å². The molecule has 0 aliphatic rings. The lowest BCUT2D eigenvalue weighted by Gasteiger charge is -1.92. The molecule has 7 nitrogen and oxygen atoms in total. The van der Waals surface area contributed by atoms with Crippen molar-refractivity contribution in [1.29, 1.82) is 0 Å². The zero-order chi connectivity index (χ0) is 10.3. The van der Waals surface area contributed by atoms with E-state index in [1.165, 1.54) is 18.7 Å². The zero-order valence-corrected chi connectivity index (χ0v) is 6.52. The predicted octanol–water partition coefficient (Wildman–Crippen LogP) is -3.90. The summed E-state index contributed by atoms with van der Waals surface area (Å²) in [6.07, 6.45) is 4.02. The number of nitrogens with zero attached hydrogens (tertiary/aromatic N) is 2. The van der Waals surface area contributed by atoms with Gasteiger partial charge in [-0.25, -0.2) is 9.97 Å². The van der Waals surface area contributed by atoms with E-state index in [0.717, 1.165) is 0 Å². The minimum absolute atomic E-state index is 0.303. The van der Waals surface area contributed by atoms with Gasteiger partial charge in [-0.2, -0.15) is 0 Å². The first-order chi connectivity index (χ1) is 6.04. The van der Waals surface area contributed by atoms with Crippen LogP contribution in [0.5, 0.6) is 0 Å². The Morgan fingerprint density at radius 3 is 1.54 bits per heavy atom. The quantitative estimate of drug-likeness (QED) is 0.283. The van der Waals surface area contributed by atoms with Crippen molar-refractivity contribution in [2.75, 3.05) is 0 Å². The molecule has 1 aromatic heterocycles. The maximum Gasteiger partial charge on any atom is 0.631 e. The van der Waals surface area contributed by atoms with Gasteiger partial charge in [0.2, 0.25) is 0 Å². The molecule has 0 radical (unpaired) electrons. The molecule has 0 bridgehead atoms. The summed E-state index contributed by atoms with van der Waals surface area (Å²) in [5.41, 5.74) is 0.303. The molecule has 0 aliphatic heterocycles. The predicted molar refractivity (Wildman–Crippen MR) is 44.3 cm³/mol. The SMILES string of the molecule is OB(O)O.OB(O)c1cncnc1. The highest BCUT2D eigenvalue weighted by molar-refractivity contribution is 6.58. The Bertz CT molecular complexity index is 218. The molecule has 0 atom stereocenters. The van der Waals surface area contributed by atoms with Gasteiger partial charge in [-0.15, -0.1) is 0 Å².